The fraction of sp³-hybridized carbons (Fsp3) is 0.625. The van der Waals surface area contributed by atoms with Gasteiger partial charge in [0.05, 0.1) is 49.5 Å². The van der Waals surface area contributed by atoms with Gasteiger partial charge in [-0.05, 0) is 38.6 Å². The molecule has 0 aliphatic carbocycles. The average molecular weight is 521 g/mol. The second kappa shape index (κ2) is 10.9. The van der Waals surface area contributed by atoms with Gasteiger partial charge >= 0.3 is 6.09 Å². The maximum atomic E-state index is 14.8. The van der Waals surface area contributed by atoms with E-state index in [4.69, 9.17) is 14.2 Å². The second-order valence-corrected chi connectivity index (χ2v) is 9.83. The summed E-state index contributed by atoms with van der Waals surface area (Å²) < 4.78 is 32.6. The lowest BCUT2D eigenvalue weighted by atomic mass is 9.99. The number of rotatable bonds is 7. The number of likely N-dealkylation sites (N-methyl/N-ethyl adjacent to an activating group) is 1. The van der Waals surface area contributed by atoms with Crippen LogP contribution in [0, 0.1) is 5.82 Å². The molecule has 3 aliphatic rings. The van der Waals surface area contributed by atoms with Gasteiger partial charge in [-0.3, -0.25) is 9.80 Å². The van der Waals surface area contributed by atoms with E-state index in [1.165, 1.54) is 11.0 Å². The van der Waals surface area contributed by atoms with E-state index < -0.39 is 30.4 Å². The molecule has 13 heteroatoms. The topological polar surface area (TPSA) is 126 Å². The third kappa shape index (κ3) is 5.70. The number of aromatic nitrogens is 3. The van der Waals surface area contributed by atoms with Crippen molar-refractivity contribution in [2.45, 2.75) is 57.1 Å². The molecule has 0 saturated carbocycles. The van der Waals surface area contributed by atoms with E-state index in [0.29, 0.717) is 62.9 Å². The first-order valence-electron chi connectivity index (χ1n) is 12.5. The van der Waals surface area contributed by atoms with E-state index in [1.807, 2.05) is 23.8 Å². The molecule has 4 heterocycles. The predicted octanol–water partition coefficient (Wildman–Crippen LogP) is 0.568. The minimum Gasteiger partial charge on any atom is -0.442 e. The number of carbonyl (C=O) groups is 1. The first-order chi connectivity index (χ1) is 17.8. The van der Waals surface area contributed by atoms with Gasteiger partial charge in [-0.2, -0.15) is 0 Å². The molecule has 1 aromatic heterocycles. The summed E-state index contributed by atoms with van der Waals surface area (Å²) in [4.78, 5) is 17.8. The Bertz CT molecular complexity index is 1100. The quantitative estimate of drug-likeness (QED) is 0.535. The van der Waals surface area contributed by atoms with Crippen molar-refractivity contribution in [2.75, 3.05) is 49.7 Å². The van der Waals surface area contributed by atoms with Crippen molar-refractivity contribution in [1.29, 1.82) is 0 Å². The first-order valence-corrected chi connectivity index (χ1v) is 12.5. The molecule has 2 aromatic rings. The van der Waals surface area contributed by atoms with Crippen LogP contribution in [0.2, 0.25) is 0 Å². The highest BCUT2D eigenvalue weighted by atomic mass is 19.1. The lowest BCUT2D eigenvalue weighted by Crippen LogP contribution is -2.53. The number of ether oxygens (including phenoxy) is 3. The molecule has 0 spiro atoms. The molecule has 3 aliphatic heterocycles. The van der Waals surface area contributed by atoms with Crippen molar-refractivity contribution in [2.24, 2.45) is 0 Å². The molecule has 1 aromatic carbocycles. The number of carbonyl (C=O) groups excluding carboxylic acids is 1. The van der Waals surface area contributed by atoms with E-state index in [2.05, 4.69) is 10.3 Å². The molecule has 202 valence electrons. The molecule has 5 rings (SSSR count). The van der Waals surface area contributed by atoms with Gasteiger partial charge in [-0.1, -0.05) is 5.21 Å². The smallest absolute Gasteiger partial charge is 0.414 e. The molecule has 3 fully saturated rings. The molecular weight excluding hydrogens is 487 g/mol. The van der Waals surface area contributed by atoms with Crippen LogP contribution in [-0.2, 0) is 27.3 Å². The van der Waals surface area contributed by atoms with Gasteiger partial charge in [0.25, 0.3) is 0 Å². The molecular formula is C24H33FN6O6. The van der Waals surface area contributed by atoms with Crippen LogP contribution in [0.1, 0.15) is 19.0 Å². The number of anilines is 2. The molecule has 37 heavy (non-hydrogen) atoms. The molecule has 0 radical (unpaired) electrons. The highest BCUT2D eigenvalue weighted by Crippen LogP contribution is 2.29. The summed E-state index contributed by atoms with van der Waals surface area (Å²) >= 11 is 0. The molecule has 1 amide bonds. The van der Waals surface area contributed by atoms with Gasteiger partial charge in [0.1, 0.15) is 18.0 Å². The van der Waals surface area contributed by atoms with Crippen LogP contribution >= 0.6 is 0 Å². The van der Waals surface area contributed by atoms with Crippen LogP contribution in [0.25, 0.3) is 0 Å². The third-order valence-corrected chi connectivity index (χ3v) is 7.05. The van der Waals surface area contributed by atoms with Crippen molar-refractivity contribution in [3.05, 3.63) is 35.9 Å². The van der Waals surface area contributed by atoms with Crippen LogP contribution in [0.3, 0.4) is 0 Å². The number of cyclic esters (lactones) is 1. The number of halogens is 1. The Balaban J connectivity index is 1.17. The zero-order valence-corrected chi connectivity index (χ0v) is 20.9. The number of benzene rings is 1. The van der Waals surface area contributed by atoms with Gasteiger partial charge in [-0.15, -0.1) is 5.10 Å². The summed E-state index contributed by atoms with van der Waals surface area (Å²) in [6.07, 6.45) is -1.10. The average Bonchev–Trinajstić information content (AvgIpc) is 3.47. The SMILES string of the molecule is CC1CC(N(C)Cc2cn(CC3CN(c4ccc(N5CCOCC5)c(F)c4)C(=O)O3)nn2)C(O)C(O)O1. The lowest BCUT2D eigenvalue weighted by molar-refractivity contribution is -0.232. The van der Waals surface area contributed by atoms with Crippen LogP contribution in [0.5, 0.6) is 0 Å². The summed E-state index contributed by atoms with van der Waals surface area (Å²) in [7, 11) is 1.84. The third-order valence-electron chi connectivity index (χ3n) is 7.05. The number of morpholine rings is 1. The lowest BCUT2D eigenvalue weighted by Gasteiger charge is -2.40. The number of amides is 1. The molecule has 12 nitrogen and oxygen atoms in total. The van der Waals surface area contributed by atoms with E-state index in [0.717, 1.165) is 0 Å². The Hall–Kier alpha value is -2.84. The van der Waals surface area contributed by atoms with Gasteiger partial charge in [0.15, 0.2) is 6.29 Å². The Labute approximate surface area is 214 Å². The Kier molecular flexibility index (Phi) is 7.58. The summed E-state index contributed by atoms with van der Waals surface area (Å²) in [5.41, 5.74) is 1.60. The second-order valence-electron chi connectivity index (χ2n) is 9.83. The zero-order valence-electron chi connectivity index (χ0n) is 20.9. The molecule has 0 bridgehead atoms. The minimum absolute atomic E-state index is 0.175. The van der Waals surface area contributed by atoms with Crippen LogP contribution < -0.4 is 9.80 Å². The van der Waals surface area contributed by atoms with E-state index in [1.54, 1.807) is 23.0 Å². The van der Waals surface area contributed by atoms with E-state index in [-0.39, 0.29) is 18.7 Å². The Morgan fingerprint density at radius 1 is 1.24 bits per heavy atom. The largest absolute Gasteiger partial charge is 0.442 e. The normalized spacial score (nSPS) is 28.7. The highest BCUT2D eigenvalue weighted by Gasteiger charge is 2.37. The van der Waals surface area contributed by atoms with Crippen LogP contribution in [-0.4, -0.2) is 107 Å². The van der Waals surface area contributed by atoms with Crippen molar-refractivity contribution < 1.29 is 33.6 Å². The highest BCUT2D eigenvalue weighted by molar-refractivity contribution is 5.90. The fourth-order valence-corrected chi connectivity index (χ4v) is 5.12. The Morgan fingerprint density at radius 2 is 2.03 bits per heavy atom. The maximum absolute atomic E-state index is 14.8. The number of aliphatic hydroxyl groups is 2. The summed E-state index contributed by atoms with van der Waals surface area (Å²) in [5.74, 6) is -0.391. The van der Waals surface area contributed by atoms with Crippen LogP contribution in [0.15, 0.2) is 24.4 Å². The Morgan fingerprint density at radius 3 is 2.78 bits per heavy atom. The van der Waals surface area contributed by atoms with Crippen molar-refractivity contribution in [3.8, 4) is 0 Å². The number of hydrogen-bond donors (Lipinski definition) is 2. The van der Waals surface area contributed by atoms with Gasteiger partial charge < -0.3 is 29.3 Å². The van der Waals surface area contributed by atoms with Gasteiger partial charge in [0, 0.05) is 31.9 Å². The van der Waals surface area contributed by atoms with Gasteiger partial charge in [0.2, 0.25) is 0 Å². The van der Waals surface area contributed by atoms with Crippen molar-refractivity contribution in [1.82, 2.24) is 19.9 Å². The zero-order chi connectivity index (χ0) is 26.1. The minimum atomic E-state index is -1.23. The van der Waals surface area contributed by atoms with E-state index in [9.17, 15) is 19.4 Å². The molecule has 2 N–H and O–H groups in total. The molecule has 5 unspecified atom stereocenters. The van der Waals surface area contributed by atoms with E-state index >= 15 is 0 Å². The predicted molar refractivity (Wildman–Crippen MR) is 130 cm³/mol. The first kappa shape index (κ1) is 25.8. The fourth-order valence-electron chi connectivity index (χ4n) is 5.12. The summed E-state index contributed by atoms with van der Waals surface area (Å²) in [6.45, 7) is 5.17. The number of hydrogen-bond acceptors (Lipinski definition) is 10. The summed E-state index contributed by atoms with van der Waals surface area (Å²) in [6, 6.07) is 4.48. The molecule has 3 saturated heterocycles. The number of nitrogens with zero attached hydrogens (tertiary/aromatic N) is 6. The van der Waals surface area contributed by atoms with Crippen molar-refractivity contribution in [3.63, 3.8) is 0 Å². The number of aliphatic hydroxyl groups excluding tert-OH is 2. The van der Waals surface area contributed by atoms with Crippen molar-refractivity contribution >= 4 is 17.5 Å². The van der Waals surface area contributed by atoms with Crippen LogP contribution in [0.4, 0.5) is 20.6 Å². The monoisotopic (exact) mass is 520 g/mol. The standard InChI is InChI=1S/C24H33FN6O6/c1-15-9-21(22(32)23(33)36-15)28(2)11-16-12-30(27-26-16)13-18-14-31(24(34)37-18)17-3-4-20(19(25)10-17)29-5-7-35-8-6-29/h3-4,10,12,15,18,21-23,32-33H,5-9,11,13-14H2,1-2H3. The summed E-state index contributed by atoms with van der Waals surface area (Å²) in [5, 5.41) is 28.5. The maximum Gasteiger partial charge on any atom is 0.414 e. The molecule has 5 atom stereocenters. The van der Waals surface area contributed by atoms with Gasteiger partial charge in [-0.25, -0.2) is 13.9 Å².